The molecule has 2 aromatic carbocycles. The Bertz CT molecular complexity index is 1620. The molecule has 0 unspecified atom stereocenters. The Kier molecular flexibility index (Phi) is 7.88. The lowest BCUT2D eigenvalue weighted by atomic mass is 10.1. The summed E-state index contributed by atoms with van der Waals surface area (Å²) in [6.45, 7) is 5.42. The molecule has 1 aliphatic heterocycles. The molecule has 1 atom stereocenters. The summed E-state index contributed by atoms with van der Waals surface area (Å²) in [5, 5.41) is 16.8. The standard InChI is InChI=1S/C30H33N7O4/c1-5-27(38)33-23-13-24(26(41-4)14-25(23)37(3)17-18-9-8-12-36(18)2)34-30-32-16-21(29(39)40)28(35-30)20-15-31-22-11-7-6-10-19(20)22/h5-7,10-11,13-16,18,31H,1,8-9,12,17H2,2-4H3,(H,33,38)(H,39,40)(H,32,34,35)/t18-/m1/s1. The molecule has 0 bridgehead atoms. The van der Waals surface area contributed by atoms with Gasteiger partial charge in [0, 0.05) is 54.6 Å². The molecule has 1 aliphatic rings. The summed E-state index contributed by atoms with van der Waals surface area (Å²) in [4.78, 5) is 40.9. The van der Waals surface area contributed by atoms with Crippen LogP contribution in [0.5, 0.6) is 5.75 Å². The van der Waals surface area contributed by atoms with Gasteiger partial charge in [-0.15, -0.1) is 0 Å². The third kappa shape index (κ3) is 5.71. The Morgan fingerprint density at radius 3 is 2.80 bits per heavy atom. The van der Waals surface area contributed by atoms with Crippen molar-refractivity contribution in [1.82, 2.24) is 19.9 Å². The highest BCUT2D eigenvalue weighted by molar-refractivity contribution is 6.03. The lowest BCUT2D eigenvalue weighted by Gasteiger charge is -2.29. The fourth-order valence-corrected chi connectivity index (χ4v) is 5.25. The molecular weight excluding hydrogens is 522 g/mol. The van der Waals surface area contributed by atoms with Crippen LogP contribution in [0.2, 0.25) is 0 Å². The molecule has 41 heavy (non-hydrogen) atoms. The first kappa shape index (κ1) is 27.7. The van der Waals surface area contributed by atoms with Crippen LogP contribution in [0.1, 0.15) is 23.2 Å². The minimum absolute atomic E-state index is 0.0277. The molecule has 3 heterocycles. The van der Waals surface area contributed by atoms with Gasteiger partial charge in [0.2, 0.25) is 11.9 Å². The van der Waals surface area contributed by atoms with E-state index in [2.05, 4.69) is 49.0 Å². The number of hydrogen-bond donors (Lipinski definition) is 4. The van der Waals surface area contributed by atoms with Gasteiger partial charge in [0.1, 0.15) is 11.3 Å². The number of anilines is 4. The number of carboxylic acid groups (broad SMARTS) is 1. The number of nitrogens with one attached hydrogen (secondary N) is 3. The predicted octanol–water partition coefficient (Wildman–Crippen LogP) is 4.73. The summed E-state index contributed by atoms with van der Waals surface area (Å²) in [7, 11) is 5.67. The minimum atomic E-state index is -1.14. The second kappa shape index (κ2) is 11.7. The molecule has 212 valence electrons. The number of likely N-dealkylation sites (N-methyl/N-ethyl adjacent to an activating group) is 2. The van der Waals surface area contributed by atoms with E-state index in [1.807, 2.05) is 37.4 Å². The Morgan fingerprint density at radius 1 is 1.29 bits per heavy atom. The summed E-state index contributed by atoms with van der Waals surface area (Å²) >= 11 is 0. The maximum Gasteiger partial charge on any atom is 0.339 e. The van der Waals surface area contributed by atoms with E-state index in [1.54, 1.807) is 19.4 Å². The van der Waals surface area contributed by atoms with Gasteiger partial charge < -0.3 is 35.3 Å². The van der Waals surface area contributed by atoms with Crippen LogP contribution < -0.4 is 20.3 Å². The number of carbonyl (C=O) groups is 2. The van der Waals surface area contributed by atoms with Crippen LogP contribution in [0.25, 0.3) is 22.2 Å². The number of fused-ring (bicyclic) bond motifs is 1. The maximum atomic E-state index is 12.4. The molecule has 4 aromatic rings. The second-order valence-electron chi connectivity index (χ2n) is 10.1. The van der Waals surface area contributed by atoms with Crippen molar-refractivity contribution in [2.24, 2.45) is 0 Å². The van der Waals surface area contributed by atoms with Crippen LogP contribution in [0.4, 0.5) is 23.0 Å². The van der Waals surface area contributed by atoms with Gasteiger partial charge in [0.05, 0.1) is 29.9 Å². The van der Waals surface area contributed by atoms with Crippen LogP contribution in [0.15, 0.2) is 61.4 Å². The monoisotopic (exact) mass is 555 g/mol. The number of benzene rings is 2. The lowest BCUT2D eigenvalue weighted by molar-refractivity contribution is -0.111. The number of para-hydroxylation sites is 1. The first-order chi connectivity index (χ1) is 19.8. The van der Waals surface area contributed by atoms with Gasteiger partial charge in [0.25, 0.3) is 0 Å². The van der Waals surface area contributed by atoms with Crippen molar-refractivity contribution in [3.63, 3.8) is 0 Å². The van der Waals surface area contributed by atoms with Crippen molar-refractivity contribution in [3.8, 4) is 17.0 Å². The van der Waals surface area contributed by atoms with E-state index in [4.69, 9.17) is 4.74 Å². The van der Waals surface area contributed by atoms with Crippen molar-refractivity contribution in [2.75, 3.05) is 49.8 Å². The van der Waals surface area contributed by atoms with E-state index in [0.29, 0.717) is 28.7 Å². The van der Waals surface area contributed by atoms with Crippen molar-refractivity contribution < 1.29 is 19.4 Å². The number of H-pyrrole nitrogens is 1. The average Bonchev–Trinajstić information content (AvgIpc) is 3.58. The SMILES string of the molecule is C=CC(=O)Nc1cc(Nc2ncc(C(=O)O)c(-c3c[nH]c4ccccc34)n2)c(OC)cc1N(C)C[C@H]1CCCN1C. The van der Waals surface area contributed by atoms with Gasteiger partial charge in [-0.2, -0.15) is 0 Å². The molecule has 1 fully saturated rings. The van der Waals surface area contributed by atoms with Gasteiger partial charge in [0.15, 0.2) is 0 Å². The van der Waals surface area contributed by atoms with E-state index >= 15 is 0 Å². The van der Waals surface area contributed by atoms with Gasteiger partial charge >= 0.3 is 5.97 Å². The van der Waals surface area contributed by atoms with E-state index < -0.39 is 5.97 Å². The maximum absolute atomic E-state index is 12.4. The summed E-state index contributed by atoms with van der Waals surface area (Å²) in [5.41, 5.74) is 3.58. The van der Waals surface area contributed by atoms with Crippen molar-refractivity contribution in [2.45, 2.75) is 18.9 Å². The fraction of sp³-hybridized carbons (Fsp3) is 0.267. The quantitative estimate of drug-likeness (QED) is 0.205. The molecule has 0 radical (unpaired) electrons. The minimum Gasteiger partial charge on any atom is -0.494 e. The van der Waals surface area contributed by atoms with Crippen LogP contribution in [0, 0.1) is 0 Å². The van der Waals surface area contributed by atoms with Crippen LogP contribution in [-0.4, -0.2) is 77.2 Å². The van der Waals surface area contributed by atoms with Crippen molar-refractivity contribution >= 4 is 45.8 Å². The summed E-state index contributed by atoms with van der Waals surface area (Å²) < 4.78 is 5.72. The molecule has 11 nitrogen and oxygen atoms in total. The Balaban J connectivity index is 1.54. The molecule has 1 saturated heterocycles. The zero-order chi connectivity index (χ0) is 29.1. The molecule has 4 N–H and O–H groups in total. The van der Waals surface area contributed by atoms with E-state index in [0.717, 1.165) is 42.5 Å². The van der Waals surface area contributed by atoms with Crippen LogP contribution in [0.3, 0.4) is 0 Å². The molecule has 0 aliphatic carbocycles. The molecule has 5 rings (SSSR count). The smallest absolute Gasteiger partial charge is 0.339 e. The van der Waals surface area contributed by atoms with Crippen LogP contribution >= 0.6 is 0 Å². The number of ether oxygens (including phenoxy) is 1. The first-order valence-corrected chi connectivity index (χ1v) is 13.3. The predicted molar refractivity (Wildman–Crippen MR) is 160 cm³/mol. The molecular formula is C30H33N7O4. The van der Waals surface area contributed by atoms with Crippen LogP contribution in [-0.2, 0) is 4.79 Å². The molecule has 0 spiro atoms. The summed E-state index contributed by atoms with van der Waals surface area (Å²) in [6, 6.07) is 11.6. The Hall–Kier alpha value is -4.90. The van der Waals surface area contributed by atoms with E-state index in [1.165, 1.54) is 12.3 Å². The van der Waals surface area contributed by atoms with Gasteiger partial charge in [-0.25, -0.2) is 14.8 Å². The first-order valence-electron chi connectivity index (χ1n) is 13.3. The normalized spacial score (nSPS) is 15.0. The molecule has 2 aromatic heterocycles. The number of rotatable bonds is 10. The number of carbonyl (C=O) groups excluding carboxylic acids is 1. The number of likely N-dealkylation sites (tertiary alicyclic amines) is 1. The van der Waals surface area contributed by atoms with Crippen molar-refractivity contribution in [1.29, 1.82) is 0 Å². The van der Waals surface area contributed by atoms with E-state index in [-0.39, 0.29) is 23.1 Å². The zero-order valence-electron chi connectivity index (χ0n) is 23.3. The topological polar surface area (TPSA) is 136 Å². The highest BCUT2D eigenvalue weighted by Crippen LogP contribution is 2.39. The molecule has 1 amide bonds. The Morgan fingerprint density at radius 2 is 2.10 bits per heavy atom. The van der Waals surface area contributed by atoms with Gasteiger partial charge in [-0.05, 0) is 44.6 Å². The van der Waals surface area contributed by atoms with Crippen molar-refractivity contribution in [3.05, 3.63) is 67.0 Å². The number of amides is 1. The zero-order valence-corrected chi connectivity index (χ0v) is 23.3. The number of carboxylic acids is 1. The number of methoxy groups -OCH3 is 1. The lowest BCUT2D eigenvalue weighted by Crippen LogP contribution is -2.37. The third-order valence-electron chi connectivity index (χ3n) is 7.44. The molecule has 0 saturated carbocycles. The number of hydrogen-bond acceptors (Lipinski definition) is 8. The van der Waals surface area contributed by atoms with Gasteiger partial charge in [-0.1, -0.05) is 24.8 Å². The van der Waals surface area contributed by atoms with Gasteiger partial charge in [-0.3, -0.25) is 4.79 Å². The highest BCUT2D eigenvalue weighted by Gasteiger charge is 2.25. The number of aromatic amines is 1. The Labute approximate surface area is 237 Å². The number of aromatic nitrogens is 3. The second-order valence-corrected chi connectivity index (χ2v) is 10.1. The largest absolute Gasteiger partial charge is 0.494 e. The fourth-order valence-electron chi connectivity index (χ4n) is 5.25. The van der Waals surface area contributed by atoms with E-state index in [9.17, 15) is 14.7 Å². The average molecular weight is 556 g/mol. The summed E-state index contributed by atoms with van der Waals surface area (Å²) in [5.74, 6) is -0.812. The number of aromatic carboxylic acids is 1. The summed E-state index contributed by atoms with van der Waals surface area (Å²) in [6.07, 6.45) is 6.49. The number of nitrogens with zero attached hydrogens (tertiary/aromatic N) is 4. The third-order valence-corrected chi connectivity index (χ3v) is 7.44. The molecule has 11 heteroatoms. The highest BCUT2D eigenvalue weighted by atomic mass is 16.5.